The van der Waals surface area contributed by atoms with Crippen molar-refractivity contribution in [3.63, 3.8) is 0 Å². The van der Waals surface area contributed by atoms with Gasteiger partial charge in [-0.15, -0.1) is 0 Å². The molecule has 1 saturated carbocycles. The Morgan fingerprint density at radius 1 is 1.46 bits per heavy atom. The maximum Gasteiger partial charge on any atom is 0.248 e. The summed E-state index contributed by atoms with van der Waals surface area (Å²) >= 11 is 0. The molecular weight excluding hydrogens is 168 g/mol. The molecule has 1 amide bonds. The molecule has 1 aliphatic rings. The summed E-state index contributed by atoms with van der Waals surface area (Å²) in [7, 11) is 0. The van der Waals surface area contributed by atoms with Gasteiger partial charge in [-0.3, -0.25) is 4.79 Å². The van der Waals surface area contributed by atoms with Crippen molar-refractivity contribution in [3.8, 4) is 0 Å². The summed E-state index contributed by atoms with van der Waals surface area (Å²) in [5.74, 6) is -0.277. The Kier molecular flexibility index (Phi) is 3.69. The molecule has 13 heavy (non-hydrogen) atoms. The lowest BCUT2D eigenvalue weighted by molar-refractivity contribution is -0.129. The van der Waals surface area contributed by atoms with Gasteiger partial charge >= 0.3 is 0 Å². The van der Waals surface area contributed by atoms with E-state index in [1.54, 1.807) is 0 Å². The summed E-state index contributed by atoms with van der Waals surface area (Å²) < 4.78 is 0. The van der Waals surface area contributed by atoms with Gasteiger partial charge in [0.25, 0.3) is 0 Å². The second-order valence-electron chi connectivity index (χ2n) is 3.80. The highest BCUT2D eigenvalue weighted by atomic mass is 16.3. The van der Waals surface area contributed by atoms with E-state index in [2.05, 4.69) is 5.32 Å². The number of aliphatic hydroxyl groups excluding tert-OH is 1. The normalized spacial score (nSPS) is 31.0. The molecule has 0 spiro atoms. The van der Waals surface area contributed by atoms with E-state index in [0.29, 0.717) is 6.04 Å². The highest BCUT2D eigenvalue weighted by molar-refractivity contribution is 5.80. The zero-order valence-corrected chi connectivity index (χ0v) is 7.99. The topological polar surface area (TPSA) is 75.3 Å². The molecule has 4 N–H and O–H groups in total. The van der Waals surface area contributed by atoms with Gasteiger partial charge < -0.3 is 16.2 Å². The van der Waals surface area contributed by atoms with Gasteiger partial charge in [-0.05, 0) is 32.6 Å². The van der Waals surface area contributed by atoms with Crippen molar-refractivity contribution < 1.29 is 9.90 Å². The predicted molar refractivity (Wildman–Crippen MR) is 50.1 cm³/mol. The Hall–Kier alpha value is -0.610. The number of rotatable bonds is 2. The molecule has 0 saturated heterocycles. The van der Waals surface area contributed by atoms with Gasteiger partial charge in [0.2, 0.25) is 5.91 Å². The average molecular weight is 186 g/mol. The van der Waals surface area contributed by atoms with E-state index in [1.165, 1.54) is 6.92 Å². The highest BCUT2D eigenvalue weighted by Gasteiger charge is 2.21. The van der Waals surface area contributed by atoms with Gasteiger partial charge in [-0.1, -0.05) is 0 Å². The lowest BCUT2D eigenvalue weighted by Gasteiger charge is -2.27. The molecule has 1 rings (SSSR count). The van der Waals surface area contributed by atoms with E-state index >= 15 is 0 Å². The second-order valence-corrected chi connectivity index (χ2v) is 3.80. The summed E-state index contributed by atoms with van der Waals surface area (Å²) in [6, 6.07) is 0.501. The number of amides is 1. The average Bonchev–Trinajstić information content (AvgIpc) is 2.08. The van der Waals surface area contributed by atoms with Gasteiger partial charge in [0.1, 0.15) is 6.10 Å². The molecular formula is C9H18N2O2. The number of nitrogens with one attached hydrogen (secondary N) is 1. The first-order valence-electron chi connectivity index (χ1n) is 4.83. The zero-order valence-electron chi connectivity index (χ0n) is 7.99. The van der Waals surface area contributed by atoms with Crippen LogP contribution in [0.5, 0.6) is 0 Å². The van der Waals surface area contributed by atoms with Gasteiger partial charge in [-0.2, -0.15) is 0 Å². The number of nitrogens with two attached hydrogens (primary N) is 1. The largest absolute Gasteiger partial charge is 0.384 e. The van der Waals surface area contributed by atoms with Crippen LogP contribution >= 0.6 is 0 Å². The van der Waals surface area contributed by atoms with Gasteiger partial charge in [0.15, 0.2) is 0 Å². The van der Waals surface area contributed by atoms with Crippen molar-refractivity contribution in [1.82, 2.24) is 5.32 Å². The standard InChI is InChI=1S/C9H18N2O2/c1-6(12)9(13)11-8-4-2-7(10)3-5-8/h6-8,12H,2-5,10H2,1H3,(H,11,13)/t6-,7?,8?/m1/s1. The fourth-order valence-electron chi connectivity index (χ4n) is 1.59. The monoisotopic (exact) mass is 186 g/mol. The van der Waals surface area contributed by atoms with Crippen molar-refractivity contribution in [2.24, 2.45) is 5.73 Å². The molecule has 76 valence electrons. The van der Waals surface area contributed by atoms with Gasteiger partial charge in [0.05, 0.1) is 0 Å². The Labute approximate surface area is 78.5 Å². The highest BCUT2D eigenvalue weighted by Crippen LogP contribution is 2.16. The number of carbonyl (C=O) groups excluding carboxylic acids is 1. The van der Waals surface area contributed by atoms with Crippen molar-refractivity contribution in [2.45, 2.75) is 50.8 Å². The Morgan fingerprint density at radius 2 is 2.00 bits per heavy atom. The minimum atomic E-state index is -0.907. The predicted octanol–water partition coefficient (Wildman–Crippen LogP) is -0.247. The molecule has 0 aromatic heterocycles. The lowest BCUT2D eigenvalue weighted by atomic mass is 9.92. The molecule has 0 aromatic rings. The van der Waals surface area contributed by atoms with Crippen molar-refractivity contribution in [3.05, 3.63) is 0 Å². The summed E-state index contributed by atoms with van der Waals surface area (Å²) in [6.07, 6.45) is 2.88. The van der Waals surface area contributed by atoms with E-state index in [4.69, 9.17) is 10.8 Å². The molecule has 0 unspecified atom stereocenters. The van der Waals surface area contributed by atoms with Crippen LogP contribution in [0, 0.1) is 0 Å². The summed E-state index contributed by atoms with van der Waals surface area (Å²) in [6.45, 7) is 1.48. The van der Waals surface area contributed by atoms with E-state index in [1.807, 2.05) is 0 Å². The van der Waals surface area contributed by atoms with E-state index in [-0.39, 0.29) is 11.9 Å². The van der Waals surface area contributed by atoms with E-state index in [9.17, 15) is 4.79 Å². The van der Waals surface area contributed by atoms with Gasteiger partial charge in [-0.25, -0.2) is 0 Å². The van der Waals surface area contributed by atoms with Crippen molar-refractivity contribution >= 4 is 5.91 Å². The zero-order chi connectivity index (χ0) is 9.84. The van der Waals surface area contributed by atoms with Crippen LogP contribution in [0.25, 0.3) is 0 Å². The molecule has 1 aliphatic carbocycles. The first kappa shape index (κ1) is 10.5. The SMILES string of the molecule is C[C@@H](O)C(=O)NC1CCC(N)CC1. The third kappa shape index (κ3) is 3.32. The van der Waals surface area contributed by atoms with Crippen LogP contribution in [0.4, 0.5) is 0 Å². The molecule has 4 heteroatoms. The van der Waals surface area contributed by atoms with Crippen LogP contribution in [-0.2, 0) is 4.79 Å². The fourth-order valence-corrected chi connectivity index (χ4v) is 1.59. The third-order valence-electron chi connectivity index (χ3n) is 2.50. The Balaban J connectivity index is 2.26. The van der Waals surface area contributed by atoms with E-state index < -0.39 is 6.10 Å². The molecule has 1 atom stereocenters. The summed E-state index contributed by atoms with van der Waals surface area (Å²) in [4.78, 5) is 11.1. The smallest absolute Gasteiger partial charge is 0.248 e. The number of hydrogen-bond acceptors (Lipinski definition) is 3. The number of carbonyl (C=O) groups is 1. The molecule has 4 nitrogen and oxygen atoms in total. The molecule has 0 aliphatic heterocycles. The second kappa shape index (κ2) is 4.58. The van der Waals surface area contributed by atoms with Crippen LogP contribution in [0.15, 0.2) is 0 Å². The summed E-state index contributed by atoms with van der Waals surface area (Å²) in [5.41, 5.74) is 5.73. The first-order chi connectivity index (χ1) is 6.09. The molecule has 0 heterocycles. The molecule has 0 bridgehead atoms. The van der Waals surface area contributed by atoms with Crippen LogP contribution in [0.2, 0.25) is 0 Å². The van der Waals surface area contributed by atoms with Gasteiger partial charge in [0, 0.05) is 12.1 Å². The maximum atomic E-state index is 11.1. The molecule has 1 fully saturated rings. The third-order valence-corrected chi connectivity index (χ3v) is 2.50. The van der Waals surface area contributed by atoms with Crippen molar-refractivity contribution in [2.75, 3.05) is 0 Å². The first-order valence-corrected chi connectivity index (χ1v) is 4.83. The van der Waals surface area contributed by atoms with Crippen LogP contribution in [0.1, 0.15) is 32.6 Å². The Morgan fingerprint density at radius 3 is 2.46 bits per heavy atom. The van der Waals surface area contributed by atoms with Crippen LogP contribution in [0.3, 0.4) is 0 Å². The minimum Gasteiger partial charge on any atom is -0.384 e. The molecule has 0 aromatic carbocycles. The van der Waals surface area contributed by atoms with Crippen molar-refractivity contribution in [1.29, 1.82) is 0 Å². The van der Waals surface area contributed by atoms with Crippen LogP contribution < -0.4 is 11.1 Å². The number of aliphatic hydroxyl groups is 1. The summed E-state index contributed by atoms with van der Waals surface area (Å²) in [5, 5.41) is 11.8. The van der Waals surface area contributed by atoms with Crippen LogP contribution in [-0.4, -0.2) is 29.2 Å². The lowest BCUT2D eigenvalue weighted by Crippen LogP contribution is -2.43. The number of hydrogen-bond donors (Lipinski definition) is 3. The quantitative estimate of drug-likeness (QED) is 0.557. The maximum absolute atomic E-state index is 11.1. The minimum absolute atomic E-state index is 0.210. The fraction of sp³-hybridized carbons (Fsp3) is 0.889. The molecule has 0 radical (unpaired) electrons. The Bertz CT molecular complexity index is 174. The van der Waals surface area contributed by atoms with E-state index in [0.717, 1.165) is 25.7 Å².